The smallest absolute Gasteiger partial charge is 0.306 e. The van der Waals surface area contributed by atoms with Crippen molar-refractivity contribution in [3.05, 3.63) is 97.2 Å². The summed E-state index contributed by atoms with van der Waals surface area (Å²) in [6.07, 6.45) is 90.0. The number of unbranched alkanes of at least 4 members (excludes halogenated alkanes) is 34. The van der Waals surface area contributed by atoms with Crippen molar-refractivity contribution in [2.75, 3.05) is 13.2 Å². The number of rotatable bonds is 61. The lowest BCUT2D eigenvalue weighted by molar-refractivity contribution is -0.167. The molecule has 454 valence electrons. The Labute approximate surface area is 489 Å². The van der Waals surface area contributed by atoms with Gasteiger partial charge in [0.2, 0.25) is 0 Å². The van der Waals surface area contributed by atoms with Crippen LogP contribution in [-0.4, -0.2) is 37.2 Å². The van der Waals surface area contributed by atoms with Gasteiger partial charge in [-0.05, 0) is 103 Å². The van der Waals surface area contributed by atoms with Gasteiger partial charge in [0.1, 0.15) is 13.2 Å². The number of allylic oxidation sites excluding steroid dienone is 16. The van der Waals surface area contributed by atoms with Crippen molar-refractivity contribution in [3.8, 4) is 0 Å². The van der Waals surface area contributed by atoms with Crippen molar-refractivity contribution < 1.29 is 28.6 Å². The van der Waals surface area contributed by atoms with Crippen LogP contribution in [0.1, 0.15) is 329 Å². The second-order valence-corrected chi connectivity index (χ2v) is 22.4. The Balaban J connectivity index is 4.20. The van der Waals surface area contributed by atoms with Crippen LogP contribution < -0.4 is 0 Å². The zero-order valence-corrected chi connectivity index (χ0v) is 52.1. The maximum absolute atomic E-state index is 12.9. The van der Waals surface area contributed by atoms with Crippen LogP contribution in [0.25, 0.3) is 0 Å². The molecule has 0 aromatic heterocycles. The zero-order valence-electron chi connectivity index (χ0n) is 52.1. The van der Waals surface area contributed by atoms with Gasteiger partial charge in [-0.2, -0.15) is 0 Å². The molecule has 6 heteroatoms. The average Bonchev–Trinajstić information content (AvgIpc) is 3.45. The van der Waals surface area contributed by atoms with Gasteiger partial charge in [-0.15, -0.1) is 0 Å². The molecule has 0 fully saturated rings. The summed E-state index contributed by atoms with van der Waals surface area (Å²) in [6, 6.07) is 0. The van der Waals surface area contributed by atoms with Crippen LogP contribution in [-0.2, 0) is 28.6 Å². The number of ether oxygens (including phenoxy) is 3. The minimum absolute atomic E-state index is 0.0771. The maximum atomic E-state index is 12.9. The average molecular weight is 1100 g/mol. The molecule has 0 aromatic rings. The van der Waals surface area contributed by atoms with Crippen LogP contribution in [0.3, 0.4) is 0 Å². The van der Waals surface area contributed by atoms with Gasteiger partial charge in [-0.3, -0.25) is 14.4 Å². The summed E-state index contributed by atoms with van der Waals surface area (Å²) >= 11 is 0. The fraction of sp³-hybridized carbons (Fsp3) is 0.740. The minimum atomic E-state index is -0.780. The number of esters is 3. The molecule has 0 spiro atoms. The quantitative estimate of drug-likeness (QED) is 0.0261. The third kappa shape index (κ3) is 65.0. The molecule has 0 amide bonds. The van der Waals surface area contributed by atoms with Gasteiger partial charge >= 0.3 is 17.9 Å². The largest absolute Gasteiger partial charge is 0.462 e. The highest BCUT2D eigenvalue weighted by Crippen LogP contribution is 2.17. The van der Waals surface area contributed by atoms with Crippen molar-refractivity contribution in [2.45, 2.75) is 335 Å². The van der Waals surface area contributed by atoms with Crippen LogP contribution in [0.15, 0.2) is 97.2 Å². The lowest BCUT2D eigenvalue weighted by Crippen LogP contribution is -2.30. The van der Waals surface area contributed by atoms with Gasteiger partial charge < -0.3 is 14.2 Å². The zero-order chi connectivity index (χ0) is 57.1. The fourth-order valence-corrected chi connectivity index (χ4v) is 9.54. The van der Waals surface area contributed by atoms with Gasteiger partial charge in [-0.25, -0.2) is 0 Å². The molecular weight excluding hydrogens is 973 g/mol. The number of hydrogen-bond donors (Lipinski definition) is 0. The van der Waals surface area contributed by atoms with E-state index < -0.39 is 6.10 Å². The summed E-state index contributed by atoms with van der Waals surface area (Å²) in [7, 11) is 0. The van der Waals surface area contributed by atoms with Crippen molar-refractivity contribution in [3.63, 3.8) is 0 Å². The molecular formula is C73H126O6. The summed E-state index contributed by atoms with van der Waals surface area (Å²) in [5.74, 6) is -0.875. The van der Waals surface area contributed by atoms with E-state index >= 15 is 0 Å². The second kappa shape index (κ2) is 66.8. The molecule has 0 N–H and O–H groups in total. The van der Waals surface area contributed by atoms with Crippen molar-refractivity contribution in [1.82, 2.24) is 0 Å². The van der Waals surface area contributed by atoms with E-state index in [1.165, 1.54) is 186 Å². The fourth-order valence-electron chi connectivity index (χ4n) is 9.54. The van der Waals surface area contributed by atoms with E-state index in [4.69, 9.17) is 14.2 Å². The monoisotopic (exact) mass is 1100 g/mol. The molecule has 0 heterocycles. The summed E-state index contributed by atoms with van der Waals surface area (Å²) in [5, 5.41) is 0. The summed E-state index contributed by atoms with van der Waals surface area (Å²) in [5.41, 5.74) is 0. The van der Waals surface area contributed by atoms with Crippen LogP contribution in [0, 0.1) is 0 Å². The van der Waals surface area contributed by atoms with Crippen LogP contribution in [0.5, 0.6) is 0 Å². The Morgan fingerprint density at radius 1 is 0.266 bits per heavy atom. The van der Waals surface area contributed by atoms with Crippen molar-refractivity contribution in [2.24, 2.45) is 0 Å². The number of carbonyl (C=O) groups is 3. The van der Waals surface area contributed by atoms with E-state index in [0.717, 1.165) is 103 Å². The molecule has 6 nitrogen and oxygen atoms in total. The van der Waals surface area contributed by atoms with Gasteiger partial charge in [0.25, 0.3) is 0 Å². The van der Waals surface area contributed by atoms with E-state index in [1.807, 2.05) is 0 Å². The highest BCUT2D eigenvalue weighted by Gasteiger charge is 2.19. The van der Waals surface area contributed by atoms with Gasteiger partial charge in [0, 0.05) is 19.3 Å². The number of hydrogen-bond acceptors (Lipinski definition) is 6. The van der Waals surface area contributed by atoms with Crippen LogP contribution >= 0.6 is 0 Å². The molecule has 0 bridgehead atoms. The first-order chi connectivity index (χ1) is 39.0. The molecule has 79 heavy (non-hydrogen) atoms. The van der Waals surface area contributed by atoms with Crippen molar-refractivity contribution in [1.29, 1.82) is 0 Å². The Morgan fingerprint density at radius 2 is 0.494 bits per heavy atom. The Bertz CT molecular complexity index is 1540. The molecule has 0 aliphatic heterocycles. The molecule has 1 unspecified atom stereocenters. The predicted octanol–water partition coefficient (Wildman–Crippen LogP) is 23.2. The number of carbonyl (C=O) groups excluding carboxylic acids is 3. The van der Waals surface area contributed by atoms with E-state index in [-0.39, 0.29) is 31.1 Å². The summed E-state index contributed by atoms with van der Waals surface area (Å²) in [4.78, 5) is 38.3. The molecule has 0 rings (SSSR count). The first kappa shape index (κ1) is 75.3. The Morgan fingerprint density at radius 3 is 0.772 bits per heavy atom. The topological polar surface area (TPSA) is 78.9 Å². The summed E-state index contributed by atoms with van der Waals surface area (Å²) < 4.78 is 16.9. The maximum Gasteiger partial charge on any atom is 0.306 e. The van der Waals surface area contributed by atoms with Gasteiger partial charge in [-0.1, -0.05) is 304 Å². The lowest BCUT2D eigenvalue weighted by atomic mass is 10.0. The third-order valence-electron chi connectivity index (χ3n) is 14.6. The molecule has 0 saturated heterocycles. The third-order valence-corrected chi connectivity index (χ3v) is 14.6. The molecule has 0 radical (unpaired) electrons. The van der Waals surface area contributed by atoms with E-state index in [2.05, 4.69) is 118 Å². The van der Waals surface area contributed by atoms with Crippen LogP contribution in [0.4, 0.5) is 0 Å². The molecule has 0 aromatic carbocycles. The SMILES string of the molecule is CC/C=C\C/C=C\C/C=C\C/C=C\C/C=C\CCCCCCCCCCCCCC(=O)OCC(COC(=O)CCCCCCCCCCC)OC(=O)CCCCCCCCCCCC/C=C\C/C=C\C/C=C\CCCCCCC. The Hall–Kier alpha value is -3.67. The lowest BCUT2D eigenvalue weighted by Gasteiger charge is -2.18. The van der Waals surface area contributed by atoms with Gasteiger partial charge in [0.15, 0.2) is 6.10 Å². The predicted molar refractivity (Wildman–Crippen MR) is 344 cm³/mol. The molecule has 0 saturated carbocycles. The minimum Gasteiger partial charge on any atom is -0.462 e. The standard InChI is InChI=1S/C73H126O6/c1-4-7-10-13-16-19-21-23-25-27-29-31-33-35-36-38-39-41-43-45-47-49-51-54-57-60-63-66-72(75)78-69-70(68-77-71(74)65-62-59-56-53-18-15-12-9-6-3)79-73(76)67-64-61-58-55-52-50-48-46-44-42-40-37-34-32-30-28-26-24-22-20-17-14-11-8-5-2/h7,10,16,19,22-25,28-31,34-37,70H,4-6,8-9,11-15,17-18,20-21,26-27,32-33,38-69H2,1-3H3/b10-7-,19-16-,24-22-,25-23-,30-28-,31-29-,36-35-,37-34-. The molecule has 1 atom stereocenters. The molecule has 0 aliphatic carbocycles. The highest BCUT2D eigenvalue weighted by molar-refractivity contribution is 5.71. The Kier molecular flexibility index (Phi) is 63.7. The first-order valence-corrected chi connectivity index (χ1v) is 33.7. The second-order valence-electron chi connectivity index (χ2n) is 22.4. The molecule has 0 aliphatic rings. The first-order valence-electron chi connectivity index (χ1n) is 33.7. The van der Waals surface area contributed by atoms with E-state index in [0.29, 0.717) is 19.3 Å². The van der Waals surface area contributed by atoms with E-state index in [1.54, 1.807) is 0 Å². The summed E-state index contributed by atoms with van der Waals surface area (Å²) in [6.45, 7) is 6.52. The highest BCUT2D eigenvalue weighted by atomic mass is 16.6. The van der Waals surface area contributed by atoms with E-state index in [9.17, 15) is 14.4 Å². The van der Waals surface area contributed by atoms with Crippen LogP contribution in [0.2, 0.25) is 0 Å². The normalized spacial score (nSPS) is 12.7. The van der Waals surface area contributed by atoms with Gasteiger partial charge in [0.05, 0.1) is 0 Å². The van der Waals surface area contributed by atoms with Crippen molar-refractivity contribution >= 4 is 17.9 Å².